The number of fused-ring (bicyclic) bond motifs is 1. The summed E-state index contributed by atoms with van der Waals surface area (Å²) in [5.41, 5.74) is 0.752. The van der Waals surface area contributed by atoms with Crippen LogP contribution in [0.4, 0.5) is 0 Å². The summed E-state index contributed by atoms with van der Waals surface area (Å²) < 4.78 is 4.13. The number of benzene rings is 1. The molecule has 158 valence electrons. The normalized spacial score (nSPS) is 11.0. The van der Waals surface area contributed by atoms with E-state index in [2.05, 4.69) is 20.4 Å². The average Bonchev–Trinajstić information content (AvgIpc) is 3.08. The number of pyridine rings is 1. The molecule has 0 saturated heterocycles. The first-order valence-electron chi connectivity index (χ1n) is 9.81. The largest absolute Gasteiger partial charge is 0.354 e. The Morgan fingerprint density at radius 1 is 1.03 bits per heavy atom. The molecule has 1 N–H and O–H groups in total. The molecule has 0 fully saturated rings. The van der Waals surface area contributed by atoms with E-state index < -0.39 is 0 Å². The van der Waals surface area contributed by atoms with E-state index in [4.69, 9.17) is 0 Å². The van der Waals surface area contributed by atoms with Gasteiger partial charge in [0.05, 0.1) is 23.8 Å². The number of nitrogens with zero attached hydrogens (tertiary/aromatic N) is 6. The molecule has 0 bridgehead atoms. The highest BCUT2D eigenvalue weighted by molar-refractivity contribution is 5.77. The van der Waals surface area contributed by atoms with Crippen molar-refractivity contribution >= 4 is 16.8 Å². The zero-order valence-corrected chi connectivity index (χ0v) is 16.9. The number of para-hydroxylation sites is 1. The van der Waals surface area contributed by atoms with Crippen LogP contribution in [-0.2, 0) is 24.9 Å². The quantitative estimate of drug-likeness (QED) is 0.468. The molecule has 4 aromatic rings. The molecule has 0 spiro atoms. The van der Waals surface area contributed by atoms with Gasteiger partial charge in [0, 0.05) is 32.8 Å². The highest BCUT2D eigenvalue weighted by Crippen LogP contribution is 2.10. The predicted molar refractivity (Wildman–Crippen MR) is 114 cm³/mol. The molecular weight excluding hydrogens is 398 g/mol. The molecule has 3 heterocycles. The smallest absolute Gasteiger partial charge is 0.346 e. The summed E-state index contributed by atoms with van der Waals surface area (Å²) >= 11 is 0. The third kappa shape index (κ3) is 4.27. The van der Waals surface area contributed by atoms with E-state index in [0.29, 0.717) is 22.4 Å². The van der Waals surface area contributed by atoms with Gasteiger partial charge in [-0.05, 0) is 24.3 Å². The Hall–Kier alpha value is -4.08. The molecular formula is C21H21N7O3. The van der Waals surface area contributed by atoms with Crippen molar-refractivity contribution in [2.75, 3.05) is 6.54 Å². The van der Waals surface area contributed by atoms with Gasteiger partial charge in [-0.15, -0.1) is 5.10 Å². The van der Waals surface area contributed by atoms with Gasteiger partial charge in [0.1, 0.15) is 5.69 Å². The maximum absolute atomic E-state index is 12.5. The Morgan fingerprint density at radius 3 is 2.65 bits per heavy atom. The summed E-state index contributed by atoms with van der Waals surface area (Å²) in [6.07, 6.45) is 3.20. The van der Waals surface area contributed by atoms with Crippen LogP contribution in [0.3, 0.4) is 0 Å². The van der Waals surface area contributed by atoms with Crippen molar-refractivity contribution in [2.45, 2.75) is 19.5 Å². The SMILES string of the molecule is Cn1c(-c2ccccn2)nn(CCNC(=O)CCn2cnc3ccccc3c2=O)c1=O. The number of hydrogen-bond donors (Lipinski definition) is 1. The highest BCUT2D eigenvalue weighted by Gasteiger charge is 2.13. The van der Waals surface area contributed by atoms with Gasteiger partial charge in [-0.2, -0.15) is 0 Å². The molecule has 3 aromatic heterocycles. The number of nitrogens with one attached hydrogen (secondary N) is 1. The van der Waals surface area contributed by atoms with E-state index >= 15 is 0 Å². The molecule has 0 radical (unpaired) electrons. The van der Waals surface area contributed by atoms with E-state index in [1.54, 1.807) is 43.6 Å². The Bertz CT molecular complexity index is 1340. The maximum atomic E-state index is 12.5. The number of aromatic nitrogens is 6. The van der Waals surface area contributed by atoms with Gasteiger partial charge in [0.2, 0.25) is 5.91 Å². The Balaban J connectivity index is 1.34. The van der Waals surface area contributed by atoms with Crippen LogP contribution in [0.25, 0.3) is 22.4 Å². The van der Waals surface area contributed by atoms with Gasteiger partial charge in [0.25, 0.3) is 5.56 Å². The average molecular weight is 419 g/mol. The lowest BCUT2D eigenvalue weighted by Crippen LogP contribution is -2.32. The monoisotopic (exact) mass is 419 g/mol. The van der Waals surface area contributed by atoms with Crippen molar-refractivity contribution in [1.82, 2.24) is 34.2 Å². The van der Waals surface area contributed by atoms with Crippen LogP contribution in [0.15, 0.2) is 64.6 Å². The molecule has 1 amide bonds. The van der Waals surface area contributed by atoms with Gasteiger partial charge in [-0.25, -0.2) is 14.5 Å². The van der Waals surface area contributed by atoms with Gasteiger partial charge in [-0.1, -0.05) is 18.2 Å². The van der Waals surface area contributed by atoms with Crippen molar-refractivity contribution in [3.05, 3.63) is 75.8 Å². The minimum atomic E-state index is -0.288. The fraction of sp³-hybridized carbons (Fsp3) is 0.238. The number of hydrogen-bond acceptors (Lipinski definition) is 6. The minimum absolute atomic E-state index is 0.121. The van der Waals surface area contributed by atoms with Crippen molar-refractivity contribution in [2.24, 2.45) is 7.05 Å². The van der Waals surface area contributed by atoms with Gasteiger partial charge in [-0.3, -0.25) is 23.7 Å². The second kappa shape index (κ2) is 8.74. The van der Waals surface area contributed by atoms with E-state index in [-0.39, 0.29) is 43.2 Å². The lowest BCUT2D eigenvalue weighted by molar-refractivity contribution is -0.121. The minimum Gasteiger partial charge on any atom is -0.354 e. The van der Waals surface area contributed by atoms with E-state index in [1.807, 2.05) is 12.1 Å². The molecule has 4 rings (SSSR count). The second-order valence-electron chi connectivity index (χ2n) is 6.96. The summed E-state index contributed by atoms with van der Waals surface area (Å²) in [5.74, 6) is 0.231. The molecule has 0 saturated carbocycles. The van der Waals surface area contributed by atoms with Crippen LogP contribution in [-0.4, -0.2) is 41.3 Å². The van der Waals surface area contributed by atoms with Crippen LogP contribution in [0.5, 0.6) is 0 Å². The van der Waals surface area contributed by atoms with Crippen LogP contribution in [0.1, 0.15) is 6.42 Å². The van der Waals surface area contributed by atoms with Crippen molar-refractivity contribution < 1.29 is 4.79 Å². The van der Waals surface area contributed by atoms with E-state index in [0.717, 1.165) is 0 Å². The molecule has 0 aliphatic rings. The van der Waals surface area contributed by atoms with Crippen LogP contribution >= 0.6 is 0 Å². The zero-order valence-electron chi connectivity index (χ0n) is 16.9. The first kappa shape index (κ1) is 20.2. The second-order valence-corrected chi connectivity index (χ2v) is 6.96. The topological polar surface area (TPSA) is 117 Å². The van der Waals surface area contributed by atoms with Crippen LogP contribution < -0.4 is 16.6 Å². The summed E-state index contributed by atoms with van der Waals surface area (Å²) in [6, 6.07) is 12.5. The predicted octanol–water partition coefficient (Wildman–Crippen LogP) is 0.560. The van der Waals surface area contributed by atoms with Crippen molar-refractivity contribution in [1.29, 1.82) is 0 Å². The molecule has 0 unspecified atom stereocenters. The third-order valence-corrected chi connectivity index (χ3v) is 4.89. The lowest BCUT2D eigenvalue weighted by atomic mass is 10.2. The van der Waals surface area contributed by atoms with Crippen molar-refractivity contribution in [3.8, 4) is 11.5 Å². The number of carbonyl (C=O) groups excluding carboxylic acids is 1. The zero-order chi connectivity index (χ0) is 21.8. The molecule has 10 heteroatoms. The maximum Gasteiger partial charge on any atom is 0.346 e. The van der Waals surface area contributed by atoms with Crippen LogP contribution in [0, 0.1) is 0 Å². The van der Waals surface area contributed by atoms with Crippen LogP contribution in [0.2, 0.25) is 0 Å². The Kier molecular flexibility index (Phi) is 5.69. The first-order chi connectivity index (χ1) is 15.0. The molecule has 0 atom stereocenters. The number of carbonyl (C=O) groups is 1. The summed E-state index contributed by atoms with van der Waals surface area (Å²) in [7, 11) is 1.63. The van der Waals surface area contributed by atoms with Gasteiger partial charge in [0.15, 0.2) is 5.82 Å². The first-order valence-corrected chi connectivity index (χ1v) is 9.81. The van der Waals surface area contributed by atoms with E-state index in [9.17, 15) is 14.4 Å². The molecule has 0 aliphatic carbocycles. The molecule has 1 aromatic carbocycles. The Morgan fingerprint density at radius 2 is 1.84 bits per heavy atom. The number of amides is 1. The Labute approximate surface area is 176 Å². The highest BCUT2D eigenvalue weighted by atomic mass is 16.2. The summed E-state index contributed by atoms with van der Waals surface area (Å²) in [4.78, 5) is 45.5. The fourth-order valence-electron chi connectivity index (χ4n) is 3.23. The molecule has 10 nitrogen and oxygen atoms in total. The van der Waals surface area contributed by atoms with E-state index in [1.165, 1.54) is 20.1 Å². The summed E-state index contributed by atoms with van der Waals surface area (Å²) in [5, 5.41) is 7.58. The number of aryl methyl sites for hydroxylation is 1. The number of rotatable bonds is 7. The molecule has 31 heavy (non-hydrogen) atoms. The fourth-order valence-corrected chi connectivity index (χ4v) is 3.23. The van der Waals surface area contributed by atoms with Gasteiger partial charge >= 0.3 is 5.69 Å². The van der Waals surface area contributed by atoms with Crippen molar-refractivity contribution in [3.63, 3.8) is 0 Å². The third-order valence-electron chi connectivity index (χ3n) is 4.89. The molecule has 0 aliphatic heterocycles. The lowest BCUT2D eigenvalue weighted by Gasteiger charge is -2.07. The standard InChI is InChI=1S/C21H21N7O3/c1-26-19(17-8-4-5-10-22-17)25-28(21(26)31)13-11-23-18(29)9-12-27-14-24-16-7-3-2-6-15(16)20(27)30/h2-8,10,14H,9,11-13H2,1H3,(H,23,29). The van der Waals surface area contributed by atoms with Gasteiger partial charge < -0.3 is 5.32 Å². The summed E-state index contributed by atoms with van der Waals surface area (Å²) in [6.45, 7) is 0.681.